The molecule has 126 valence electrons. The van der Waals surface area contributed by atoms with Gasteiger partial charge in [-0.3, -0.25) is 9.80 Å². The van der Waals surface area contributed by atoms with Crippen molar-refractivity contribution in [1.82, 2.24) is 14.8 Å². The largest absolute Gasteiger partial charge is 0.477 e. The summed E-state index contributed by atoms with van der Waals surface area (Å²) in [6, 6.07) is 6.75. The number of hydrogen-bond donors (Lipinski definition) is 0. The van der Waals surface area contributed by atoms with Crippen LogP contribution in [0.5, 0.6) is 5.88 Å². The summed E-state index contributed by atoms with van der Waals surface area (Å²) < 4.78 is 5.93. The summed E-state index contributed by atoms with van der Waals surface area (Å²) in [6.45, 7) is 4.56. The van der Waals surface area contributed by atoms with Crippen molar-refractivity contribution >= 4 is 0 Å². The Kier molecular flexibility index (Phi) is 4.29. The Morgan fingerprint density at radius 1 is 1.22 bits per heavy atom. The van der Waals surface area contributed by atoms with Crippen molar-refractivity contribution in [1.29, 1.82) is 0 Å². The van der Waals surface area contributed by atoms with Crippen LogP contribution in [0.2, 0.25) is 0 Å². The first-order valence-corrected chi connectivity index (χ1v) is 9.24. The van der Waals surface area contributed by atoms with Crippen molar-refractivity contribution < 1.29 is 4.74 Å². The van der Waals surface area contributed by atoms with Gasteiger partial charge in [0.15, 0.2) is 0 Å². The normalized spacial score (nSPS) is 28.8. The van der Waals surface area contributed by atoms with Crippen molar-refractivity contribution in [2.75, 3.05) is 33.3 Å². The van der Waals surface area contributed by atoms with E-state index < -0.39 is 0 Å². The molecule has 0 N–H and O–H groups in total. The maximum atomic E-state index is 5.93. The van der Waals surface area contributed by atoms with E-state index in [0.29, 0.717) is 11.5 Å². The molecule has 0 radical (unpaired) electrons. The fourth-order valence-corrected chi connectivity index (χ4v) is 4.79. The minimum atomic E-state index is 0.416. The zero-order chi connectivity index (χ0) is 15.7. The van der Waals surface area contributed by atoms with E-state index >= 15 is 0 Å². The summed E-state index contributed by atoms with van der Waals surface area (Å²) in [4.78, 5) is 9.63. The number of likely N-dealkylation sites (tertiary alicyclic amines) is 2. The number of hydrogen-bond acceptors (Lipinski definition) is 4. The molecule has 1 saturated carbocycles. The zero-order valence-electron chi connectivity index (χ0n) is 14.3. The number of nitrogens with zero attached hydrogens (tertiary/aromatic N) is 3. The lowest BCUT2D eigenvalue weighted by atomic mass is 9.74. The van der Waals surface area contributed by atoms with Crippen LogP contribution in [0.4, 0.5) is 0 Å². The summed E-state index contributed by atoms with van der Waals surface area (Å²) in [5.74, 6) is 1.43. The van der Waals surface area contributed by atoms with E-state index in [2.05, 4.69) is 21.8 Å². The first-order chi connectivity index (χ1) is 11.3. The first-order valence-electron chi connectivity index (χ1n) is 9.24. The molecular weight excluding hydrogens is 286 g/mol. The fourth-order valence-electron chi connectivity index (χ4n) is 4.79. The highest BCUT2D eigenvalue weighted by Gasteiger charge is 2.51. The van der Waals surface area contributed by atoms with E-state index in [1.807, 2.05) is 18.2 Å². The van der Waals surface area contributed by atoms with Crippen molar-refractivity contribution in [3.05, 3.63) is 24.4 Å². The topological polar surface area (TPSA) is 28.6 Å². The quantitative estimate of drug-likeness (QED) is 0.854. The van der Waals surface area contributed by atoms with Gasteiger partial charge in [-0.05, 0) is 51.3 Å². The van der Waals surface area contributed by atoms with Gasteiger partial charge in [0, 0.05) is 36.9 Å². The summed E-state index contributed by atoms with van der Waals surface area (Å²) in [5.41, 5.74) is 0.416. The summed E-state index contributed by atoms with van der Waals surface area (Å²) in [7, 11) is 2.32. The average Bonchev–Trinajstić information content (AvgIpc) is 3.07. The highest BCUT2D eigenvalue weighted by atomic mass is 16.5. The molecule has 3 fully saturated rings. The molecule has 4 nitrogen and oxygen atoms in total. The minimum Gasteiger partial charge on any atom is -0.477 e. The third-order valence-corrected chi connectivity index (χ3v) is 6.29. The number of aromatic nitrogens is 1. The van der Waals surface area contributed by atoms with Gasteiger partial charge in [0.05, 0.1) is 6.61 Å². The molecule has 0 aromatic carbocycles. The third-order valence-electron chi connectivity index (χ3n) is 6.29. The van der Waals surface area contributed by atoms with Crippen molar-refractivity contribution in [3.8, 4) is 5.88 Å². The molecule has 1 atom stereocenters. The molecule has 0 amide bonds. The van der Waals surface area contributed by atoms with Crippen LogP contribution in [0, 0.1) is 5.92 Å². The molecule has 3 aliphatic rings. The SMILES string of the molecule is CN1CC[C@@H](COc2ccccn2)CC12CN(C1CCCC1)C2. The van der Waals surface area contributed by atoms with Crippen LogP contribution in [0.3, 0.4) is 0 Å². The number of ether oxygens (including phenoxy) is 1. The van der Waals surface area contributed by atoms with E-state index in [4.69, 9.17) is 4.74 Å². The first kappa shape index (κ1) is 15.4. The maximum absolute atomic E-state index is 5.93. The molecule has 4 rings (SSSR count). The van der Waals surface area contributed by atoms with Gasteiger partial charge in [0.25, 0.3) is 0 Å². The summed E-state index contributed by atoms with van der Waals surface area (Å²) in [5, 5.41) is 0. The standard InChI is InChI=1S/C19H29N3O/c1-21-11-9-16(13-23-18-8-4-5-10-20-18)12-19(21)14-22(15-19)17-6-2-3-7-17/h4-5,8,10,16-17H,2-3,6-7,9,11-15H2,1H3/t16-/m1/s1. The molecule has 1 aliphatic carbocycles. The molecule has 0 bridgehead atoms. The Balaban J connectivity index is 1.32. The predicted molar refractivity (Wildman–Crippen MR) is 91.6 cm³/mol. The average molecular weight is 315 g/mol. The molecule has 3 heterocycles. The van der Waals surface area contributed by atoms with E-state index in [9.17, 15) is 0 Å². The Bertz CT molecular complexity index is 509. The molecule has 0 unspecified atom stereocenters. The van der Waals surface area contributed by atoms with Crippen LogP contribution in [-0.4, -0.2) is 59.7 Å². The van der Waals surface area contributed by atoms with Crippen LogP contribution < -0.4 is 4.74 Å². The zero-order valence-corrected chi connectivity index (χ0v) is 14.3. The van der Waals surface area contributed by atoms with Gasteiger partial charge in [-0.15, -0.1) is 0 Å². The molecule has 1 aromatic rings. The van der Waals surface area contributed by atoms with Gasteiger partial charge < -0.3 is 4.74 Å². The predicted octanol–water partition coefficient (Wildman–Crippen LogP) is 2.80. The van der Waals surface area contributed by atoms with Crippen LogP contribution in [0.25, 0.3) is 0 Å². The lowest BCUT2D eigenvalue weighted by Gasteiger charge is -2.60. The Labute approximate surface area is 139 Å². The molecule has 4 heteroatoms. The van der Waals surface area contributed by atoms with E-state index in [0.717, 1.165) is 18.5 Å². The molecule has 23 heavy (non-hydrogen) atoms. The fraction of sp³-hybridized carbons (Fsp3) is 0.737. The minimum absolute atomic E-state index is 0.416. The van der Waals surface area contributed by atoms with Gasteiger partial charge in [-0.25, -0.2) is 4.98 Å². The maximum Gasteiger partial charge on any atom is 0.213 e. The van der Waals surface area contributed by atoms with Crippen molar-refractivity contribution in [3.63, 3.8) is 0 Å². The van der Waals surface area contributed by atoms with E-state index in [1.165, 1.54) is 58.2 Å². The molecule has 2 saturated heterocycles. The summed E-state index contributed by atoms with van der Waals surface area (Å²) >= 11 is 0. The Morgan fingerprint density at radius 3 is 2.78 bits per heavy atom. The second-order valence-corrected chi connectivity index (χ2v) is 7.83. The summed E-state index contributed by atoms with van der Waals surface area (Å²) in [6.07, 6.45) is 10.0. The highest BCUT2D eigenvalue weighted by molar-refractivity contribution is 5.11. The lowest BCUT2D eigenvalue weighted by molar-refractivity contribution is -0.0994. The monoisotopic (exact) mass is 315 g/mol. The van der Waals surface area contributed by atoms with Gasteiger partial charge >= 0.3 is 0 Å². The molecule has 2 aliphatic heterocycles. The van der Waals surface area contributed by atoms with E-state index in [-0.39, 0.29) is 0 Å². The van der Waals surface area contributed by atoms with Crippen molar-refractivity contribution in [2.45, 2.75) is 50.1 Å². The molecule has 1 aromatic heterocycles. The van der Waals surface area contributed by atoms with Crippen LogP contribution in [-0.2, 0) is 0 Å². The molecule has 1 spiro atoms. The Morgan fingerprint density at radius 2 is 2.04 bits per heavy atom. The van der Waals surface area contributed by atoms with Gasteiger partial charge in [0.2, 0.25) is 5.88 Å². The van der Waals surface area contributed by atoms with Gasteiger partial charge in [0.1, 0.15) is 0 Å². The second-order valence-electron chi connectivity index (χ2n) is 7.83. The van der Waals surface area contributed by atoms with Gasteiger partial charge in [-0.1, -0.05) is 18.9 Å². The Hall–Kier alpha value is -1.13. The lowest BCUT2D eigenvalue weighted by Crippen LogP contribution is -2.73. The van der Waals surface area contributed by atoms with Crippen molar-refractivity contribution in [2.24, 2.45) is 5.92 Å². The van der Waals surface area contributed by atoms with E-state index in [1.54, 1.807) is 6.20 Å². The molecular formula is C19H29N3O. The number of likely N-dealkylation sites (N-methyl/N-ethyl adjacent to an activating group) is 1. The van der Waals surface area contributed by atoms with Gasteiger partial charge in [-0.2, -0.15) is 0 Å². The third kappa shape index (κ3) is 3.11. The number of rotatable bonds is 4. The number of pyridine rings is 1. The number of piperidine rings is 1. The van der Waals surface area contributed by atoms with Crippen LogP contribution in [0.1, 0.15) is 38.5 Å². The second kappa shape index (κ2) is 6.40. The highest BCUT2D eigenvalue weighted by Crippen LogP contribution is 2.41. The van der Waals surface area contributed by atoms with Crippen LogP contribution >= 0.6 is 0 Å². The van der Waals surface area contributed by atoms with Crippen LogP contribution in [0.15, 0.2) is 24.4 Å². The smallest absolute Gasteiger partial charge is 0.213 e.